The summed E-state index contributed by atoms with van der Waals surface area (Å²) in [5, 5.41) is 14.4. The fourth-order valence-corrected chi connectivity index (χ4v) is 4.15. The van der Waals surface area contributed by atoms with Gasteiger partial charge in [0.1, 0.15) is 17.6 Å². The van der Waals surface area contributed by atoms with Crippen LogP contribution in [0.5, 0.6) is 0 Å². The third-order valence-corrected chi connectivity index (χ3v) is 5.80. The van der Waals surface area contributed by atoms with Gasteiger partial charge in [-0.05, 0) is 30.5 Å². The average Bonchev–Trinajstić information content (AvgIpc) is 3.22. The molecule has 1 aromatic heterocycles. The largest absolute Gasteiger partial charge is 0.316 e. The van der Waals surface area contributed by atoms with Crippen molar-refractivity contribution in [3.63, 3.8) is 0 Å². The molecule has 3 rings (SSSR count). The zero-order chi connectivity index (χ0) is 18.7. The van der Waals surface area contributed by atoms with Gasteiger partial charge in [0.25, 0.3) is 5.91 Å². The summed E-state index contributed by atoms with van der Waals surface area (Å²) in [7, 11) is 0. The van der Waals surface area contributed by atoms with E-state index in [4.69, 9.17) is 16.9 Å². The summed E-state index contributed by atoms with van der Waals surface area (Å²) in [6, 6.07) is 10.7. The maximum atomic E-state index is 12.4. The number of thiophene rings is 1. The molecular weight excluding hydrogens is 392 g/mol. The smallest absolute Gasteiger partial charge is 0.254 e. The molecule has 0 spiro atoms. The van der Waals surface area contributed by atoms with E-state index in [1.807, 2.05) is 6.07 Å². The van der Waals surface area contributed by atoms with E-state index < -0.39 is 5.25 Å². The predicted octanol–water partition coefficient (Wildman–Crippen LogP) is 3.74. The van der Waals surface area contributed by atoms with Crippen molar-refractivity contribution in [2.45, 2.75) is 12.2 Å². The van der Waals surface area contributed by atoms with Crippen LogP contribution >= 0.6 is 34.7 Å². The number of hydrogen-bond donors (Lipinski definition) is 1. The third-order valence-electron chi connectivity index (χ3n) is 3.56. The number of nitrogens with zero attached hydrogens (tertiary/aromatic N) is 3. The zero-order valence-electron chi connectivity index (χ0n) is 13.6. The van der Waals surface area contributed by atoms with Gasteiger partial charge >= 0.3 is 0 Å². The maximum absolute atomic E-state index is 12.4. The van der Waals surface area contributed by atoms with Crippen molar-refractivity contribution in [3.8, 4) is 6.07 Å². The lowest BCUT2D eigenvalue weighted by Crippen LogP contribution is -2.33. The van der Waals surface area contributed by atoms with Gasteiger partial charge in [-0.15, -0.1) is 11.3 Å². The first-order valence-corrected chi connectivity index (χ1v) is 9.72. The number of hydrogen-bond acceptors (Lipinski definition) is 6. The number of carbonyl (C=O) groups is 2. The normalized spacial score (nSPS) is 14.7. The molecule has 1 aliphatic rings. The minimum absolute atomic E-state index is 0.0192. The van der Waals surface area contributed by atoms with E-state index in [2.05, 4.69) is 10.3 Å². The van der Waals surface area contributed by atoms with E-state index in [1.165, 1.54) is 28.0 Å². The predicted molar refractivity (Wildman–Crippen MR) is 106 cm³/mol. The second-order valence-corrected chi connectivity index (χ2v) is 7.94. The number of para-hydroxylation sites is 1. The van der Waals surface area contributed by atoms with Gasteiger partial charge in [0.05, 0.1) is 21.5 Å². The molecule has 2 heterocycles. The number of halogens is 1. The Hall–Kier alpha value is -2.34. The molecule has 1 atom stereocenters. The minimum atomic E-state index is -0.515. The van der Waals surface area contributed by atoms with Crippen molar-refractivity contribution in [3.05, 3.63) is 46.3 Å². The lowest BCUT2D eigenvalue weighted by Gasteiger charge is -2.21. The molecule has 0 saturated carbocycles. The summed E-state index contributed by atoms with van der Waals surface area (Å²) < 4.78 is 0. The summed E-state index contributed by atoms with van der Waals surface area (Å²) >= 11 is 8.65. The highest BCUT2D eigenvalue weighted by Gasteiger charge is 2.31. The number of nitrogens with one attached hydrogen (secondary N) is 1. The second-order valence-electron chi connectivity index (χ2n) is 5.30. The lowest BCUT2D eigenvalue weighted by molar-refractivity contribution is -0.116. The first kappa shape index (κ1) is 18.5. The topological polar surface area (TPSA) is 85.6 Å². The van der Waals surface area contributed by atoms with Crippen LogP contribution < -0.4 is 10.2 Å². The number of aliphatic imine (C=N–C) groups is 1. The Balaban J connectivity index is 1.73. The van der Waals surface area contributed by atoms with Crippen molar-refractivity contribution < 1.29 is 9.59 Å². The fraction of sp³-hybridized carbons (Fsp3) is 0.176. The summed E-state index contributed by atoms with van der Waals surface area (Å²) in [6.07, 6.45) is 0. The van der Waals surface area contributed by atoms with Crippen LogP contribution in [0, 0.1) is 11.3 Å². The number of anilines is 2. The molecule has 1 N–H and O–H groups in total. The van der Waals surface area contributed by atoms with Crippen LogP contribution in [-0.4, -0.2) is 28.8 Å². The summed E-state index contributed by atoms with van der Waals surface area (Å²) in [6.45, 7) is 1.74. The highest BCUT2D eigenvalue weighted by atomic mass is 35.5. The van der Waals surface area contributed by atoms with Gasteiger partial charge in [-0.2, -0.15) is 5.26 Å². The highest BCUT2D eigenvalue weighted by Crippen LogP contribution is 2.32. The standard InChI is InChI=1S/C17H13ClN4O2S2/c1-10(15(24)21-16-11(8-19)6-7-25-16)26-17-20-9-14(23)22(17)13-5-3-2-4-12(13)18/h2-7,10H,9H2,1H3,(H,21,24)/t10-/m0/s1. The van der Waals surface area contributed by atoms with E-state index in [1.54, 1.807) is 42.6 Å². The van der Waals surface area contributed by atoms with Crippen molar-refractivity contribution in [1.82, 2.24) is 0 Å². The van der Waals surface area contributed by atoms with Crippen LogP contribution in [0.3, 0.4) is 0 Å². The minimum Gasteiger partial charge on any atom is -0.316 e. The molecular formula is C17H13ClN4O2S2. The monoisotopic (exact) mass is 404 g/mol. The second kappa shape index (κ2) is 7.91. The van der Waals surface area contributed by atoms with E-state index in [-0.39, 0.29) is 18.4 Å². The Morgan fingerprint density at radius 1 is 1.46 bits per heavy atom. The number of nitriles is 1. The van der Waals surface area contributed by atoms with Crippen molar-refractivity contribution in [2.24, 2.45) is 4.99 Å². The molecule has 1 aromatic carbocycles. The first-order valence-electron chi connectivity index (χ1n) is 7.58. The number of benzene rings is 1. The van der Waals surface area contributed by atoms with Crippen molar-refractivity contribution in [1.29, 1.82) is 5.26 Å². The number of carbonyl (C=O) groups excluding carboxylic acids is 2. The molecule has 132 valence electrons. The summed E-state index contributed by atoms with van der Waals surface area (Å²) in [4.78, 5) is 30.3. The molecule has 0 aliphatic carbocycles. The Bertz CT molecular complexity index is 935. The van der Waals surface area contributed by atoms with E-state index in [9.17, 15) is 9.59 Å². The zero-order valence-corrected chi connectivity index (χ0v) is 16.0. The number of amides is 2. The summed E-state index contributed by atoms with van der Waals surface area (Å²) in [5.41, 5.74) is 0.965. The van der Waals surface area contributed by atoms with Gasteiger partial charge in [0.2, 0.25) is 5.91 Å². The highest BCUT2D eigenvalue weighted by molar-refractivity contribution is 8.15. The van der Waals surface area contributed by atoms with E-state index in [0.717, 1.165) is 0 Å². The molecule has 1 aliphatic heterocycles. The first-order chi connectivity index (χ1) is 12.5. The van der Waals surface area contributed by atoms with Gasteiger partial charge in [-0.3, -0.25) is 19.5 Å². The third kappa shape index (κ3) is 3.75. The lowest BCUT2D eigenvalue weighted by atomic mass is 10.3. The summed E-state index contributed by atoms with van der Waals surface area (Å²) in [5.74, 6) is -0.465. The molecule has 26 heavy (non-hydrogen) atoms. The molecule has 0 bridgehead atoms. The molecule has 0 radical (unpaired) electrons. The number of thioether (sulfide) groups is 1. The SMILES string of the molecule is C[C@H](SC1=NCC(=O)N1c1ccccc1Cl)C(=O)Nc1sccc1C#N. The maximum Gasteiger partial charge on any atom is 0.254 e. The average molecular weight is 405 g/mol. The Kier molecular flexibility index (Phi) is 5.61. The fourth-order valence-electron chi connectivity index (χ4n) is 2.26. The van der Waals surface area contributed by atoms with Crippen molar-refractivity contribution >= 4 is 62.4 Å². The van der Waals surface area contributed by atoms with Gasteiger partial charge < -0.3 is 5.32 Å². The van der Waals surface area contributed by atoms with Gasteiger partial charge in [-0.1, -0.05) is 35.5 Å². The molecule has 9 heteroatoms. The molecule has 0 saturated heterocycles. The number of rotatable bonds is 4. The van der Waals surface area contributed by atoms with Crippen LogP contribution in [0.1, 0.15) is 12.5 Å². The van der Waals surface area contributed by atoms with E-state index in [0.29, 0.717) is 26.4 Å². The van der Waals surface area contributed by atoms with Gasteiger partial charge in [-0.25, -0.2) is 0 Å². The number of amidine groups is 1. The van der Waals surface area contributed by atoms with Gasteiger partial charge in [0, 0.05) is 0 Å². The molecule has 6 nitrogen and oxygen atoms in total. The van der Waals surface area contributed by atoms with Gasteiger partial charge in [0.15, 0.2) is 5.17 Å². The van der Waals surface area contributed by atoms with Crippen LogP contribution in [0.25, 0.3) is 0 Å². The molecule has 2 amide bonds. The Morgan fingerprint density at radius 2 is 2.23 bits per heavy atom. The van der Waals surface area contributed by atoms with Crippen LogP contribution in [0.15, 0.2) is 40.7 Å². The Morgan fingerprint density at radius 3 is 2.96 bits per heavy atom. The van der Waals surface area contributed by atoms with Crippen LogP contribution in [-0.2, 0) is 9.59 Å². The van der Waals surface area contributed by atoms with E-state index >= 15 is 0 Å². The Labute approximate surface area is 163 Å². The molecule has 0 fully saturated rings. The molecule has 2 aromatic rings. The quantitative estimate of drug-likeness (QED) is 0.841. The van der Waals surface area contributed by atoms with Crippen LogP contribution in [0.4, 0.5) is 10.7 Å². The molecule has 0 unspecified atom stereocenters. The van der Waals surface area contributed by atoms with Crippen molar-refractivity contribution in [2.75, 3.05) is 16.8 Å². The van der Waals surface area contributed by atoms with Crippen LogP contribution in [0.2, 0.25) is 5.02 Å².